The maximum atomic E-state index is 11.2. The number of hydrogen-bond acceptors (Lipinski definition) is 3. The Labute approximate surface area is 83.1 Å². The van der Waals surface area contributed by atoms with Crippen molar-refractivity contribution >= 4 is 15.9 Å². The van der Waals surface area contributed by atoms with Crippen molar-refractivity contribution in [3.63, 3.8) is 0 Å². The summed E-state index contributed by atoms with van der Waals surface area (Å²) in [6, 6.07) is 0. The third-order valence-electron chi connectivity index (χ3n) is 2.42. The molecule has 0 spiro atoms. The molecule has 0 saturated heterocycles. The van der Waals surface area contributed by atoms with E-state index in [1.165, 1.54) is 0 Å². The molecule has 5 heteroatoms. The maximum absolute atomic E-state index is 11.2. The van der Waals surface area contributed by atoms with Gasteiger partial charge in [-0.3, -0.25) is 4.79 Å². The molecule has 1 aromatic rings. The van der Waals surface area contributed by atoms with Gasteiger partial charge in [-0.1, -0.05) is 6.92 Å². The van der Waals surface area contributed by atoms with Gasteiger partial charge in [0.2, 0.25) is 5.88 Å². The van der Waals surface area contributed by atoms with Gasteiger partial charge < -0.3 is 10.1 Å². The Balaban J connectivity index is 2.56. The van der Waals surface area contributed by atoms with Crippen molar-refractivity contribution < 1.29 is 5.11 Å². The average molecular weight is 245 g/mol. The van der Waals surface area contributed by atoms with Crippen LogP contribution in [-0.4, -0.2) is 15.1 Å². The zero-order valence-electron chi connectivity index (χ0n) is 7.09. The first-order valence-electron chi connectivity index (χ1n) is 4.02. The van der Waals surface area contributed by atoms with E-state index in [9.17, 15) is 9.90 Å². The summed E-state index contributed by atoms with van der Waals surface area (Å²) in [4.78, 5) is 17.8. The standard InChI is InChI=1S/C8H9BrN2O2/c1-8(2-3-8)7-10-5(12)4(9)6(13)11-7/h2-3H2,1H3,(H2,10,11,12,13). The smallest absolute Gasteiger partial charge is 0.269 e. The van der Waals surface area contributed by atoms with Crippen molar-refractivity contribution in [2.45, 2.75) is 25.2 Å². The first kappa shape index (κ1) is 8.74. The Morgan fingerprint density at radius 1 is 1.62 bits per heavy atom. The monoisotopic (exact) mass is 244 g/mol. The van der Waals surface area contributed by atoms with Gasteiger partial charge in [-0.05, 0) is 28.8 Å². The number of aromatic hydroxyl groups is 1. The Morgan fingerprint density at radius 3 is 2.69 bits per heavy atom. The highest BCUT2D eigenvalue weighted by Gasteiger charge is 2.42. The second kappa shape index (κ2) is 2.57. The predicted molar refractivity (Wildman–Crippen MR) is 50.8 cm³/mol. The molecule has 70 valence electrons. The first-order valence-corrected chi connectivity index (χ1v) is 4.81. The largest absolute Gasteiger partial charge is 0.492 e. The van der Waals surface area contributed by atoms with Crippen molar-refractivity contribution in [3.05, 3.63) is 20.7 Å². The second-order valence-electron chi connectivity index (χ2n) is 3.61. The van der Waals surface area contributed by atoms with Gasteiger partial charge in [-0.25, -0.2) is 0 Å². The Hall–Kier alpha value is -0.840. The molecule has 1 saturated carbocycles. The normalized spacial score (nSPS) is 18.6. The number of rotatable bonds is 1. The van der Waals surface area contributed by atoms with Crippen molar-refractivity contribution in [1.29, 1.82) is 0 Å². The molecule has 0 unspecified atom stereocenters. The summed E-state index contributed by atoms with van der Waals surface area (Å²) in [6.07, 6.45) is 2.02. The van der Waals surface area contributed by atoms with Crippen LogP contribution in [0.5, 0.6) is 5.88 Å². The molecule has 1 aromatic heterocycles. The minimum Gasteiger partial charge on any atom is -0.492 e. The molecule has 0 bridgehead atoms. The van der Waals surface area contributed by atoms with E-state index >= 15 is 0 Å². The highest BCUT2D eigenvalue weighted by Crippen LogP contribution is 2.45. The summed E-state index contributed by atoms with van der Waals surface area (Å²) in [5.41, 5.74) is -0.354. The number of nitrogens with one attached hydrogen (secondary N) is 1. The molecular weight excluding hydrogens is 236 g/mol. The topological polar surface area (TPSA) is 66.0 Å². The molecule has 0 aliphatic heterocycles. The van der Waals surface area contributed by atoms with Gasteiger partial charge in [0, 0.05) is 5.41 Å². The summed E-state index contributed by atoms with van der Waals surface area (Å²) >= 11 is 2.94. The van der Waals surface area contributed by atoms with Crippen molar-refractivity contribution in [3.8, 4) is 5.88 Å². The minimum atomic E-state index is -0.323. The van der Waals surface area contributed by atoms with Crippen LogP contribution in [0.25, 0.3) is 0 Å². The molecule has 2 N–H and O–H groups in total. The number of aromatic nitrogens is 2. The fourth-order valence-corrected chi connectivity index (χ4v) is 1.34. The SMILES string of the molecule is CC1(c2nc(O)c(Br)c(=O)[nH]2)CC1. The Kier molecular flexibility index (Phi) is 1.73. The van der Waals surface area contributed by atoms with E-state index in [1.807, 2.05) is 6.92 Å². The van der Waals surface area contributed by atoms with Gasteiger partial charge in [-0.2, -0.15) is 4.98 Å². The van der Waals surface area contributed by atoms with Gasteiger partial charge in [0.25, 0.3) is 5.56 Å². The van der Waals surface area contributed by atoms with Crippen LogP contribution >= 0.6 is 15.9 Å². The molecule has 0 atom stereocenters. The Morgan fingerprint density at radius 2 is 2.23 bits per heavy atom. The highest BCUT2D eigenvalue weighted by molar-refractivity contribution is 9.10. The summed E-state index contributed by atoms with van der Waals surface area (Å²) in [7, 11) is 0. The molecule has 1 aliphatic rings. The van der Waals surface area contributed by atoms with Crippen LogP contribution in [0.1, 0.15) is 25.6 Å². The molecule has 4 nitrogen and oxygen atoms in total. The molecule has 1 aliphatic carbocycles. The third kappa shape index (κ3) is 1.37. The van der Waals surface area contributed by atoms with E-state index in [1.54, 1.807) is 0 Å². The molecule has 0 radical (unpaired) electrons. The zero-order chi connectivity index (χ0) is 9.64. The molecular formula is C8H9BrN2O2. The van der Waals surface area contributed by atoms with E-state index in [0.717, 1.165) is 12.8 Å². The number of hydrogen-bond donors (Lipinski definition) is 2. The van der Waals surface area contributed by atoms with Gasteiger partial charge in [0.05, 0.1) is 0 Å². The highest BCUT2D eigenvalue weighted by atomic mass is 79.9. The Bertz CT molecular complexity index is 409. The van der Waals surface area contributed by atoms with Crippen LogP contribution in [0.3, 0.4) is 0 Å². The fourth-order valence-electron chi connectivity index (χ4n) is 1.16. The minimum absolute atomic E-state index is 0.0304. The molecule has 0 aromatic carbocycles. The van der Waals surface area contributed by atoms with Crippen LogP contribution in [0.15, 0.2) is 9.27 Å². The summed E-state index contributed by atoms with van der Waals surface area (Å²) in [5, 5.41) is 9.29. The lowest BCUT2D eigenvalue weighted by molar-refractivity contribution is 0.440. The lowest BCUT2D eigenvalue weighted by Crippen LogP contribution is -2.17. The summed E-state index contributed by atoms with van der Waals surface area (Å²) in [6.45, 7) is 2.01. The van der Waals surface area contributed by atoms with E-state index in [0.29, 0.717) is 5.82 Å². The molecule has 1 heterocycles. The molecule has 1 fully saturated rings. The van der Waals surface area contributed by atoms with E-state index in [2.05, 4.69) is 25.9 Å². The molecule has 0 amide bonds. The third-order valence-corrected chi connectivity index (χ3v) is 3.13. The number of H-pyrrole nitrogens is 1. The van der Waals surface area contributed by atoms with Crippen LogP contribution in [0, 0.1) is 0 Å². The van der Waals surface area contributed by atoms with E-state index in [-0.39, 0.29) is 21.3 Å². The quantitative estimate of drug-likeness (QED) is 0.783. The number of nitrogens with zero attached hydrogens (tertiary/aromatic N) is 1. The van der Waals surface area contributed by atoms with Crippen LogP contribution in [-0.2, 0) is 5.41 Å². The van der Waals surface area contributed by atoms with Gasteiger partial charge in [0.1, 0.15) is 10.3 Å². The van der Waals surface area contributed by atoms with E-state index in [4.69, 9.17) is 0 Å². The van der Waals surface area contributed by atoms with Crippen molar-refractivity contribution in [2.24, 2.45) is 0 Å². The average Bonchev–Trinajstić information content (AvgIpc) is 2.80. The van der Waals surface area contributed by atoms with Gasteiger partial charge in [0.15, 0.2) is 0 Å². The lowest BCUT2D eigenvalue weighted by atomic mass is 10.1. The summed E-state index contributed by atoms with van der Waals surface area (Å²) in [5.74, 6) is 0.352. The molecule has 13 heavy (non-hydrogen) atoms. The van der Waals surface area contributed by atoms with Crippen LogP contribution in [0.4, 0.5) is 0 Å². The number of aromatic amines is 1. The summed E-state index contributed by atoms with van der Waals surface area (Å²) < 4.78 is 0.0977. The van der Waals surface area contributed by atoms with Gasteiger partial charge in [-0.15, -0.1) is 0 Å². The lowest BCUT2D eigenvalue weighted by Gasteiger charge is -2.07. The molecule has 2 rings (SSSR count). The van der Waals surface area contributed by atoms with Crippen LogP contribution < -0.4 is 5.56 Å². The first-order chi connectivity index (χ1) is 6.03. The van der Waals surface area contributed by atoms with E-state index < -0.39 is 0 Å². The second-order valence-corrected chi connectivity index (χ2v) is 4.41. The van der Waals surface area contributed by atoms with Gasteiger partial charge >= 0.3 is 0 Å². The number of halogens is 1. The van der Waals surface area contributed by atoms with Crippen LogP contribution in [0.2, 0.25) is 0 Å². The fraction of sp³-hybridized carbons (Fsp3) is 0.500. The predicted octanol–water partition coefficient (Wildman–Crippen LogP) is 1.29. The maximum Gasteiger partial charge on any atom is 0.269 e. The van der Waals surface area contributed by atoms with Crippen molar-refractivity contribution in [1.82, 2.24) is 9.97 Å². The van der Waals surface area contributed by atoms with Crippen molar-refractivity contribution in [2.75, 3.05) is 0 Å². The zero-order valence-corrected chi connectivity index (χ0v) is 8.68.